The number of rotatable bonds is 2. The molecule has 0 bridgehead atoms. The van der Waals surface area contributed by atoms with Gasteiger partial charge < -0.3 is 17.3 Å². The largest absolute Gasteiger partial charge is 0.673 e. The molecule has 0 aromatic heterocycles. The van der Waals surface area contributed by atoms with Gasteiger partial charge in [-0.2, -0.15) is 0 Å². The molecule has 223 valence electrons. The van der Waals surface area contributed by atoms with Gasteiger partial charge in [-0.25, -0.2) is 0 Å². The molecule has 0 nitrogen and oxygen atoms in total. The summed E-state index contributed by atoms with van der Waals surface area (Å²) in [7, 11) is -5.65. The Balaban J connectivity index is 0.000000509. The fourth-order valence-electron chi connectivity index (χ4n) is 5.34. The Kier molecular flexibility index (Phi) is 22.6. The van der Waals surface area contributed by atoms with Gasteiger partial charge in [0.25, 0.3) is 0 Å². The summed E-state index contributed by atoms with van der Waals surface area (Å²) in [4.78, 5) is 0. The second-order valence-corrected chi connectivity index (χ2v) is 16.4. The van der Waals surface area contributed by atoms with Crippen molar-refractivity contribution >= 4 is 23.1 Å². The molecule has 0 spiro atoms. The molecule has 0 aromatic carbocycles. The molecule has 3 aliphatic carbocycles. The van der Waals surface area contributed by atoms with E-state index in [-0.39, 0.29) is 52.4 Å². The van der Waals surface area contributed by atoms with Crippen LogP contribution in [0.5, 0.6) is 0 Å². The number of allylic oxidation sites excluding steroid dienone is 4. The quantitative estimate of drug-likeness (QED) is 0.116. The van der Waals surface area contributed by atoms with Gasteiger partial charge in [-0.15, -0.1) is 0 Å². The minimum atomic E-state index is -6.00. The van der Waals surface area contributed by atoms with Crippen molar-refractivity contribution in [1.29, 1.82) is 0 Å². The summed E-state index contributed by atoms with van der Waals surface area (Å²) in [5, 5.41) is 0. The van der Waals surface area contributed by atoms with E-state index in [1.54, 1.807) is 11.3 Å². The maximum absolute atomic E-state index is 9.75. The molecular weight excluding hydrogens is 668 g/mol. The van der Waals surface area contributed by atoms with Crippen molar-refractivity contribution in [3.8, 4) is 0 Å². The molecule has 0 N–H and O–H groups in total. The molecular formula is C30H44BF4FeP2Rh-. The van der Waals surface area contributed by atoms with Gasteiger partial charge in [0.2, 0.25) is 0 Å². The van der Waals surface area contributed by atoms with Crippen LogP contribution in [0.3, 0.4) is 0 Å². The van der Waals surface area contributed by atoms with E-state index in [2.05, 4.69) is 103 Å². The van der Waals surface area contributed by atoms with Crippen molar-refractivity contribution in [3.63, 3.8) is 0 Å². The van der Waals surface area contributed by atoms with Crippen molar-refractivity contribution in [3.05, 3.63) is 87.0 Å². The molecule has 0 aromatic rings. The van der Waals surface area contributed by atoms with E-state index in [1.807, 2.05) is 0 Å². The summed E-state index contributed by atoms with van der Waals surface area (Å²) < 4.78 is 39.0. The molecule has 5 aliphatic rings. The zero-order chi connectivity index (χ0) is 27.3. The van der Waals surface area contributed by atoms with Crippen LogP contribution in [0, 0.1) is 62.7 Å². The minimum Gasteiger partial charge on any atom is -0.418 e. The van der Waals surface area contributed by atoms with Gasteiger partial charge in [0.15, 0.2) is 0 Å². The molecule has 2 heterocycles. The maximum atomic E-state index is 9.75. The Bertz CT molecular complexity index is 582. The normalized spacial score (nSPS) is 31.6. The summed E-state index contributed by atoms with van der Waals surface area (Å²) in [5.41, 5.74) is 7.08. The van der Waals surface area contributed by atoms with Crippen LogP contribution >= 0.6 is 15.8 Å². The summed E-state index contributed by atoms with van der Waals surface area (Å²) >= 11 is 0. The van der Waals surface area contributed by atoms with Gasteiger partial charge in [-0.05, 0) is 125 Å². The molecule has 0 unspecified atom stereocenters. The van der Waals surface area contributed by atoms with Crippen molar-refractivity contribution in [2.24, 2.45) is 0 Å². The summed E-state index contributed by atoms with van der Waals surface area (Å²) in [6, 6.07) is 0. The molecule has 2 saturated carbocycles. The molecule has 2 aliphatic heterocycles. The van der Waals surface area contributed by atoms with Crippen LogP contribution in [0.25, 0.3) is 0 Å². The van der Waals surface area contributed by atoms with Gasteiger partial charge in [0, 0.05) is 47.9 Å². The Labute approximate surface area is 264 Å². The van der Waals surface area contributed by atoms with Crippen LogP contribution in [0.4, 0.5) is 17.3 Å². The van der Waals surface area contributed by atoms with Gasteiger partial charge in [-0.1, -0.05) is 67.8 Å². The Hall–Kier alpha value is 1.27. The first kappa shape index (κ1) is 40.3. The zero-order valence-electron chi connectivity index (χ0n) is 23.6. The smallest absolute Gasteiger partial charge is 0.418 e. The Morgan fingerprint density at radius 1 is 0.538 bits per heavy atom. The van der Waals surface area contributed by atoms with E-state index in [4.69, 9.17) is 0 Å². The standard InChI is InChI=1S/2C11H16P.C8H12.BF4.Fe.Rh/c2*1-9-7-8-10(2)12(9)11-5-3-4-6-11;1-2-4-6-8-7-5-3-1;2-1(3,4)5;;/h2*3-6,9-10H,7-8H2,1-2H3;1-2,7-8H,3-6H2;;;/q;;;-1;;/b;;2-1-,8-7-;;;/t2*9-,10-;;;;/m11..../s1. The molecule has 39 heavy (non-hydrogen) atoms. The van der Waals surface area contributed by atoms with E-state index >= 15 is 0 Å². The average molecular weight is 712 g/mol. The van der Waals surface area contributed by atoms with E-state index in [1.165, 1.54) is 51.4 Å². The fraction of sp³-hybridized carbons (Fsp3) is 0.533. The van der Waals surface area contributed by atoms with Crippen LogP contribution in [-0.4, -0.2) is 29.9 Å². The summed E-state index contributed by atoms with van der Waals surface area (Å²) in [6.45, 7) is 9.68. The molecule has 4 fully saturated rings. The Morgan fingerprint density at radius 3 is 0.949 bits per heavy atom. The second kappa shape index (κ2) is 21.9. The van der Waals surface area contributed by atoms with Crippen LogP contribution in [-0.2, 0) is 36.5 Å². The zero-order valence-corrected chi connectivity index (χ0v) is 28.1. The molecule has 5 rings (SSSR count). The molecule has 9 heteroatoms. The van der Waals surface area contributed by atoms with Gasteiger partial charge >= 0.3 is 7.25 Å². The first-order valence-corrected chi connectivity index (χ1v) is 16.7. The summed E-state index contributed by atoms with van der Waals surface area (Å²) in [6.07, 6.45) is 37.7. The predicted octanol–water partition coefficient (Wildman–Crippen LogP) is 10.8. The second-order valence-electron chi connectivity index (χ2n) is 10.2. The van der Waals surface area contributed by atoms with Crippen molar-refractivity contribution < 1.29 is 53.8 Å². The molecule has 11 radical (unpaired) electrons. The van der Waals surface area contributed by atoms with Crippen LogP contribution in [0.1, 0.15) is 79.1 Å². The molecule has 4 atom stereocenters. The van der Waals surface area contributed by atoms with Crippen LogP contribution in [0.2, 0.25) is 0 Å². The minimum absolute atomic E-state index is 0. The van der Waals surface area contributed by atoms with Crippen molar-refractivity contribution in [1.82, 2.24) is 0 Å². The van der Waals surface area contributed by atoms with Crippen molar-refractivity contribution in [2.75, 3.05) is 0 Å². The van der Waals surface area contributed by atoms with E-state index in [0.717, 1.165) is 22.6 Å². The third-order valence-corrected chi connectivity index (χ3v) is 13.7. The van der Waals surface area contributed by atoms with Crippen LogP contribution in [0.15, 0.2) is 24.3 Å². The summed E-state index contributed by atoms with van der Waals surface area (Å²) in [5.74, 6) is 0. The van der Waals surface area contributed by atoms with E-state index < -0.39 is 7.25 Å². The SMILES string of the molecule is C1=C\CC/C=C\CC/1.C[C@@H]1CC[C@@H](C)P1[C]1[CH][CH][CH][CH]1.C[C@@H]1CC[C@@H](C)P1[C]1[CH][CH][CH][CH]1.F[B-](F)(F)F.[Fe].[Rh]. The van der Waals surface area contributed by atoms with Crippen molar-refractivity contribution in [2.45, 2.75) is 102 Å². The van der Waals surface area contributed by atoms with E-state index in [0.29, 0.717) is 0 Å². The fourth-order valence-corrected chi connectivity index (χ4v) is 11.9. The van der Waals surface area contributed by atoms with Gasteiger partial charge in [0.05, 0.1) is 0 Å². The van der Waals surface area contributed by atoms with Gasteiger partial charge in [0.1, 0.15) is 0 Å². The Morgan fingerprint density at radius 2 is 0.744 bits per heavy atom. The number of hydrogen-bond donors (Lipinski definition) is 0. The third-order valence-electron chi connectivity index (χ3n) is 7.12. The first-order valence-electron chi connectivity index (χ1n) is 13.7. The topological polar surface area (TPSA) is 0 Å². The average Bonchev–Trinajstić information content (AvgIpc) is 3.58. The maximum Gasteiger partial charge on any atom is 0.673 e. The van der Waals surface area contributed by atoms with E-state index in [9.17, 15) is 17.3 Å². The first-order chi connectivity index (χ1) is 17.6. The van der Waals surface area contributed by atoms with Crippen LogP contribution < -0.4 is 0 Å². The number of hydrogen-bond acceptors (Lipinski definition) is 0. The molecule has 2 saturated heterocycles. The third kappa shape index (κ3) is 16.6. The molecule has 0 amide bonds. The number of halogens is 4. The van der Waals surface area contributed by atoms with Gasteiger partial charge in [-0.3, -0.25) is 0 Å². The predicted molar refractivity (Wildman–Crippen MR) is 158 cm³/mol. The monoisotopic (exact) mass is 712 g/mol.